The summed E-state index contributed by atoms with van der Waals surface area (Å²) < 4.78 is 33.5. The van der Waals surface area contributed by atoms with Gasteiger partial charge in [0.2, 0.25) is 0 Å². The molecule has 4 rings (SSSR count). The van der Waals surface area contributed by atoms with Crippen molar-refractivity contribution in [3.63, 3.8) is 0 Å². The van der Waals surface area contributed by atoms with E-state index in [2.05, 4.69) is 10.3 Å². The maximum atomic E-state index is 13.9. The van der Waals surface area contributed by atoms with Gasteiger partial charge in [0.15, 0.2) is 22.8 Å². The van der Waals surface area contributed by atoms with Crippen molar-refractivity contribution in [3.8, 4) is 17.4 Å². The number of aryl methyl sites for hydroxylation is 1. The van der Waals surface area contributed by atoms with Gasteiger partial charge in [-0.15, -0.1) is 0 Å². The summed E-state index contributed by atoms with van der Waals surface area (Å²) in [6.07, 6.45) is 0. The van der Waals surface area contributed by atoms with Crippen molar-refractivity contribution in [1.29, 1.82) is 5.26 Å². The Hall–Kier alpha value is -3.76. The molecule has 0 spiro atoms. The topological polar surface area (TPSA) is 78.9 Å². The van der Waals surface area contributed by atoms with Gasteiger partial charge >= 0.3 is 0 Å². The van der Waals surface area contributed by atoms with Gasteiger partial charge in [-0.1, -0.05) is 17.7 Å². The van der Waals surface area contributed by atoms with Crippen LogP contribution in [0.5, 0.6) is 0 Å². The molecular weight excluding hydrogens is 448 g/mol. The molecule has 2 aromatic carbocycles. The summed E-state index contributed by atoms with van der Waals surface area (Å²) in [6, 6.07) is 11.8. The van der Waals surface area contributed by atoms with Crippen molar-refractivity contribution in [2.75, 3.05) is 5.32 Å². The quantitative estimate of drug-likeness (QED) is 0.350. The molecule has 166 valence electrons. The molecule has 0 amide bonds. The lowest BCUT2D eigenvalue weighted by molar-refractivity contribution is 0.508. The summed E-state index contributed by atoms with van der Waals surface area (Å²) >= 11 is 5.89. The van der Waals surface area contributed by atoms with Gasteiger partial charge in [0.25, 0.3) is 0 Å². The van der Waals surface area contributed by atoms with Crippen molar-refractivity contribution in [2.45, 2.75) is 26.8 Å². The Morgan fingerprint density at radius 1 is 1.12 bits per heavy atom. The number of aromatic nitrogens is 1. The molecule has 1 N–H and O–H groups in total. The van der Waals surface area contributed by atoms with Crippen molar-refractivity contribution in [1.82, 2.24) is 4.98 Å². The highest BCUT2D eigenvalue weighted by molar-refractivity contribution is 6.29. The Balaban J connectivity index is 1.90. The Bertz CT molecular complexity index is 1510. The van der Waals surface area contributed by atoms with Crippen LogP contribution in [0.15, 0.2) is 51.7 Å². The number of fused-ring (bicyclic) bond motifs is 1. The molecule has 0 aliphatic heterocycles. The van der Waals surface area contributed by atoms with Crippen LogP contribution in [0.3, 0.4) is 0 Å². The zero-order valence-corrected chi connectivity index (χ0v) is 18.7. The fourth-order valence-electron chi connectivity index (χ4n) is 3.75. The van der Waals surface area contributed by atoms with Crippen molar-refractivity contribution in [3.05, 3.63) is 91.9 Å². The zero-order chi connectivity index (χ0) is 23.9. The molecule has 0 unspecified atom stereocenters. The maximum absolute atomic E-state index is 13.9. The fourth-order valence-corrected chi connectivity index (χ4v) is 3.90. The Kier molecular flexibility index (Phi) is 5.88. The van der Waals surface area contributed by atoms with Crippen molar-refractivity contribution in [2.24, 2.45) is 0 Å². The molecule has 2 heterocycles. The predicted molar refractivity (Wildman–Crippen MR) is 123 cm³/mol. The second-order valence-electron chi connectivity index (χ2n) is 7.75. The molecule has 0 saturated heterocycles. The summed E-state index contributed by atoms with van der Waals surface area (Å²) in [6.45, 7) is 5.30. The van der Waals surface area contributed by atoms with E-state index in [0.29, 0.717) is 27.8 Å². The number of hydrogen-bond donors (Lipinski definition) is 1. The van der Waals surface area contributed by atoms with Crippen LogP contribution in [0.1, 0.15) is 35.3 Å². The molecule has 33 heavy (non-hydrogen) atoms. The third-order valence-corrected chi connectivity index (χ3v) is 5.59. The van der Waals surface area contributed by atoms with Gasteiger partial charge in [-0.3, -0.25) is 4.79 Å². The number of anilines is 1. The van der Waals surface area contributed by atoms with E-state index in [4.69, 9.17) is 16.0 Å². The van der Waals surface area contributed by atoms with Crippen LogP contribution in [0, 0.1) is 36.8 Å². The van der Waals surface area contributed by atoms with Crippen LogP contribution in [0.25, 0.3) is 22.3 Å². The second-order valence-corrected chi connectivity index (χ2v) is 8.14. The normalized spacial score (nSPS) is 11.9. The van der Waals surface area contributed by atoms with Crippen molar-refractivity contribution < 1.29 is 13.2 Å². The monoisotopic (exact) mass is 465 g/mol. The van der Waals surface area contributed by atoms with Gasteiger partial charge in [-0.25, -0.2) is 13.8 Å². The minimum Gasteiger partial charge on any atom is -0.455 e. The average molecular weight is 466 g/mol. The lowest BCUT2D eigenvalue weighted by atomic mass is 9.98. The summed E-state index contributed by atoms with van der Waals surface area (Å²) in [5.74, 6) is -1.86. The van der Waals surface area contributed by atoms with Crippen LogP contribution < -0.4 is 10.7 Å². The smallest absolute Gasteiger partial charge is 0.196 e. The minimum absolute atomic E-state index is 0.131. The number of pyridine rings is 1. The van der Waals surface area contributed by atoms with Gasteiger partial charge in [0.1, 0.15) is 22.6 Å². The number of rotatable bonds is 4. The van der Waals surface area contributed by atoms with E-state index >= 15 is 0 Å². The van der Waals surface area contributed by atoms with E-state index in [1.54, 1.807) is 25.1 Å². The number of nitrogens with one attached hydrogen (secondary N) is 1. The molecule has 0 radical (unpaired) electrons. The first-order valence-corrected chi connectivity index (χ1v) is 10.4. The summed E-state index contributed by atoms with van der Waals surface area (Å²) in [5, 5.41) is 13.2. The van der Waals surface area contributed by atoms with Crippen LogP contribution in [-0.2, 0) is 0 Å². The highest BCUT2D eigenvalue weighted by Gasteiger charge is 2.20. The molecule has 0 fully saturated rings. The summed E-state index contributed by atoms with van der Waals surface area (Å²) in [5.41, 5.74) is 2.70. The summed E-state index contributed by atoms with van der Waals surface area (Å²) in [7, 11) is 0. The highest BCUT2D eigenvalue weighted by Crippen LogP contribution is 2.33. The third-order valence-electron chi connectivity index (χ3n) is 5.38. The Morgan fingerprint density at radius 3 is 2.58 bits per heavy atom. The lowest BCUT2D eigenvalue weighted by Gasteiger charge is -2.19. The van der Waals surface area contributed by atoms with Gasteiger partial charge in [-0.05, 0) is 62.7 Å². The van der Waals surface area contributed by atoms with Gasteiger partial charge < -0.3 is 9.73 Å². The van der Waals surface area contributed by atoms with Crippen LogP contribution >= 0.6 is 11.6 Å². The van der Waals surface area contributed by atoms with E-state index in [-0.39, 0.29) is 27.6 Å². The first-order valence-electron chi connectivity index (χ1n) is 10.1. The molecule has 2 aromatic heterocycles. The maximum Gasteiger partial charge on any atom is 0.196 e. The van der Waals surface area contributed by atoms with E-state index in [0.717, 1.165) is 17.7 Å². The molecule has 1 atom stereocenters. The highest BCUT2D eigenvalue weighted by atomic mass is 35.5. The van der Waals surface area contributed by atoms with E-state index in [1.165, 1.54) is 6.07 Å². The Morgan fingerprint density at radius 2 is 1.88 bits per heavy atom. The second kappa shape index (κ2) is 8.64. The van der Waals surface area contributed by atoms with E-state index in [9.17, 15) is 18.8 Å². The van der Waals surface area contributed by atoms with Gasteiger partial charge in [0.05, 0.1) is 17.1 Å². The number of halogens is 3. The first kappa shape index (κ1) is 22.4. The number of nitriles is 1. The van der Waals surface area contributed by atoms with E-state index < -0.39 is 17.7 Å². The zero-order valence-electron chi connectivity index (χ0n) is 18.0. The Labute approximate surface area is 193 Å². The standard InChI is InChI=1S/C25H18ClF2N3O2/c1-12-8-16(14(3)30-20-6-7-22(26)31-21(20)11-29)25-17(9-12)23(32)13(2)24(33-25)15-4-5-18(27)19(28)10-15/h4-10,14,30H,1-3H3/t14-/m1/s1. The molecule has 0 bridgehead atoms. The number of nitrogens with zero attached hydrogens (tertiary/aromatic N) is 2. The third kappa shape index (κ3) is 4.18. The fraction of sp³-hybridized carbons (Fsp3) is 0.160. The lowest BCUT2D eigenvalue weighted by Crippen LogP contribution is -2.13. The van der Waals surface area contributed by atoms with E-state index in [1.807, 2.05) is 26.0 Å². The molecule has 5 nitrogen and oxygen atoms in total. The minimum atomic E-state index is -1.03. The molecule has 0 saturated carbocycles. The molecule has 4 aromatic rings. The van der Waals surface area contributed by atoms with Crippen LogP contribution in [0.2, 0.25) is 5.15 Å². The number of hydrogen-bond acceptors (Lipinski definition) is 5. The predicted octanol–water partition coefficient (Wildman–Crippen LogP) is 6.45. The van der Waals surface area contributed by atoms with Gasteiger partial charge in [-0.2, -0.15) is 5.26 Å². The molecular formula is C25H18ClF2N3O2. The van der Waals surface area contributed by atoms with Gasteiger partial charge in [0, 0.05) is 16.7 Å². The summed E-state index contributed by atoms with van der Waals surface area (Å²) in [4.78, 5) is 17.2. The molecule has 0 aliphatic rings. The van der Waals surface area contributed by atoms with Crippen molar-refractivity contribution >= 4 is 28.3 Å². The molecule has 8 heteroatoms. The molecule has 0 aliphatic carbocycles. The largest absolute Gasteiger partial charge is 0.455 e. The first-order chi connectivity index (χ1) is 15.7. The van der Waals surface area contributed by atoms with Crippen LogP contribution in [-0.4, -0.2) is 4.98 Å². The number of benzene rings is 2. The van der Waals surface area contributed by atoms with Crippen LogP contribution in [0.4, 0.5) is 14.5 Å². The average Bonchev–Trinajstić information content (AvgIpc) is 2.79. The SMILES string of the molecule is Cc1cc([C@@H](C)Nc2ccc(Cl)nc2C#N)c2oc(-c3ccc(F)c(F)c3)c(C)c(=O)c2c1.